The van der Waals surface area contributed by atoms with E-state index in [1.54, 1.807) is 19.0 Å². The summed E-state index contributed by atoms with van der Waals surface area (Å²) < 4.78 is 8.03. The van der Waals surface area contributed by atoms with Crippen molar-refractivity contribution in [1.29, 1.82) is 0 Å². The van der Waals surface area contributed by atoms with Crippen LogP contribution in [0.15, 0.2) is 12.4 Å². The summed E-state index contributed by atoms with van der Waals surface area (Å²) in [6.07, 6.45) is 7.68. The van der Waals surface area contributed by atoms with Gasteiger partial charge in [-0.1, -0.05) is 0 Å². The van der Waals surface area contributed by atoms with Gasteiger partial charge in [-0.05, 0) is 25.7 Å². The van der Waals surface area contributed by atoms with E-state index in [0.29, 0.717) is 0 Å². The molecule has 6 nitrogen and oxygen atoms in total. The lowest BCUT2D eigenvalue weighted by Gasteiger charge is -2.39. The first-order valence-corrected chi connectivity index (χ1v) is 8.06. The van der Waals surface area contributed by atoms with Gasteiger partial charge in [-0.3, -0.25) is 14.4 Å². The van der Waals surface area contributed by atoms with Crippen molar-refractivity contribution in [3.05, 3.63) is 18.0 Å². The van der Waals surface area contributed by atoms with Crippen molar-refractivity contribution in [2.24, 2.45) is 7.05 Å². The average molecular weight is 306 g/mol. The molecule has 2 fully saturated rings. The van der Waals surface area contributed by atoms with Gasteiger partial charge in [-0.15, -0.1) is 0 Å². The Kier molecular flexibility index (Phi) is 4.23. The fraction of sp³-hybridized carbons (Fsp3) is 0.750. The third-order valence-electron chi connectivity index (χ3n) is 4.90. The predicted octanol–water partition coefficient (Wildman–Crippen LogP) is 1.02. The molecule has 1 spiro atoms. The van der Waals surface area contributed by atoms with Crippen LogP contribution >= 0.6 is 0 Å². The first-order chi connectivity index (χ1) is 10.5. The summed E-state index contributed by atoms with van der Waals surface area (Å²) in [5.74, 6) is 0.106. The lowest BCUT2D eigenvalue weighted by molar-refractivity contribution is -0.148. The van der Waals surface area contributed by atoms with Crippen molar-refractivity contribution in [2.75, 3.05) is 27.2 Å². The van der Waals surface area contributed by atoms with Gasteiger partial charge in [0.2, 0.25) is 0 Å². The zero-order valence-corrected chi connectivity index (χ0v) is 13.8. The van der Waals surface area contributed by atoms with Gasteiger partial charge in [-0.2, -0.15) is 5.10 Å². The number of rotatable bonds is 3. The number of likely N-dealkylation sites (N-methyl/N-ethyl adjacent to an activating group) is 1. The highest BCUT2D eigenvalue weighted by Crippen LogP contribution is 2.39. The Labute approximate surface area is 132 Å². The van der Waals surface area contributed by atoms with E-state index < -0.39 is 0 Å². The minimum atomic E-state index is -0.236. The molecule has 3 heterocycles. The molecule has 0 radical (unpaired) electrons. The van der Waals surface area contributed by atoms with E-state index in [2.05, 4.69) is 16.2 Å². The summed E-state index contributed by atoms with van der Waals surface area (Å²) in [5, 5.41) is 4.22. The number of aromatic nitrogens is 2. The zero-order valence-electron chi connectivity index (χ0n) is 13.8. The molecule has 2 aliphatic rings. The molecule has 22 heavy (non-hydrogen) atoms. The van der Waals surface area contributed by atoms with E-state index in [9.17, 15) is 4.79 Å². The van der Waals surface area contributed by atoms with Crippen molar-refractivity contribution in [2.45, 2.75) is 43.9 Å². The van der Waals surface area contributed by atoms with Gasteiger partial charge in [0, 0.05) is 52.5 Å². The highest BCUT2D eigenvalue weighted by atomic mass is 16.5. The number of carbonyl (C=O) groups is 1. The van der Waals surface area contributed by atoms with Crippen molar-refractivity contribution < 1.29 is 9.53 Å². The van der Waals surface area contributed by atoms with Crippen molar-refractivity contribution in [3.63, 3.8) is 0 Å². The number of nitrogens with zero attached hydrogens (tertiary/aromatic N) is 4. The van der Waals surface area contributed by atoms with Crippen LogP contribution in [0.1, 0.15) is 31.2 Å². The molecular weight excluding hydrogens is 280 g/mol. The van der Waals surface area contributed by atoms with Crippen LogP contribution in [-0.2, 0) is 23.1 Å². The molecule has 2 aliphatic heterocycles. The average Bonchev–Trinajstić information content (AvgIpc) is 3.08. The quantitative estimate of drug-likeness (QED) is 0.837. The van der Waals surface area contributed by atoms with E-state index >= 15 is 0 Å². The monoisotopic (exact) mass is 306 g/mol. The molecule has 1 amide bonds. The van der Waals surface area contributed by atoms with E-state index in [4.69, 9.17) is 4.74 Å². The van der Waals surface area contributed by atoms with Gasteiger partial charge < -0.3 is 9.64 Å². The minimum absolute atomic E-state index is 0.0677. The molecule has 0 unspecified atom stereocenters. The molecule has 1 atom stereocenters. The Bertz CT molecular complexity index is 532. The molecular formula is C16H26N4O2. The molecule has 2 saturated heterocycles. The maximum Gasteiger partial charge on any atom is 0.251 e. The van der Waals surface area contributed by atoms with Crippen LogP contribution < -0.4 is 0 Å². The minimum Gasteiger partial charge on any atom is -0.362 e. The lowest BCUT2D eigenvalue weighted by atomic mass is 9.88. The molecule has 0 aliphatic carbocycles. The van der Waals surface area contributed by atoms with E-state index in [1.165, 1.54) is 5.56 Å². The first kappa shape index (κ1) is 15.5. The van der Waals surface area contributed by atoms with Gasteiger partial charge in [0.05, 0.1) is 11.8 Å². The van der Waals surface area contributed by atoms with E-state index in [0.717, 1.165) is 45.3 Å². The van der Waals surface area contributed by atoms with Crippen molar-refractivity contribution in [3.8, 4) is 0 Å². The summed E-state index contributed by atoms with van der Waals surface area (Å²) in [6, 6.07) is 0. The Morgan fingerprint density at radius 1 is 1.41 bits per heavy atom. The van der Waals surface area contributed by atoms with Crippen LogP contribution in [0.3, 0.4) is 0 Å². The van der Waals surface area contributed by atoms with E-state index in [1.807, 2.05) is 17.9 Å². The maximum atomic E-state index is 12.1. The van der Waals surface area contributed by atoms with Gasteiger partial charge in [0.15, 0.2) is 0 Å². The molecule has 0 aromatic carbocycles. The molecule has 6 heteroatoms. The van der Waals surface area contributed by atoms with Crippen LogP contribution in [0.4, 0.5) is 0 Å². The predicted molar refractivity (Wildman–Crippen MR) is 83.3 cm³/mol. The second-order valence-corrected chi connectivity index (χ2v) is 6.86. The number of aryl methyl sites for hydroxylation is 1. The molecule has 0 bridgehead atoms. The number of carbonyl (C=O) groups excluding carboxylic acids is 1. The van der Waals surface area contributed by atoms with Crippen LogP contribution in [-0.4, -0.2) is 64.4 Å². The zero-order chi connectivity index (χ0) is 15.7. The largest absolute Gasteiger partial charge is 0.362 e. The fourth-order valence-electron chi connectivity index (χ4n) is 3.57. The second kappa shape index (κ2) is 6.01. The Morgan fingerprint density at radius 2 is 2.14 bits per heavy atom. The van der Waals surface area contributed by atoms with Crippen molar-refractivity contribution in [1.82, 2.24) is 19.6 Å². The highest BCUT2D eigenvalue weighted by molar-refractivity contribution is 5.80. The van der Waals surface area contributed by atoms with Crippen LogP contribution in [0.2, 0.25) is 0 Å². The Morgan fingerprint density at radius 3 is 2.73 bits per heavy atom. The van der Waals surface area contributed by atoms with Crippen LogP contribution in [0.5, 0.6) is 0 Å². The van der Waals surface area contributed by atoms with Crippen LogP contribution in [0, 0.1) is 0 Å². The SMILES string of the molecule is CN(C)C(=O)[C@H]1CCC2(CCN(Cc3cnn(C)c3)CC2)O1. The summed E-state index contributed by atoms with van der Waals surface area (Å²) in [6.45, 7) is 3.00. The molecule has 122 valence electrons. The van der Waals surface area contributed by atoms with Gasteiger partial charge in [-0.25, -0.2) is 0 Å². The summed E-state index contributed by atoms with van der Waals surface area (Å²) in [4.78, 5) is 16.2. The fourth-order valence-corrected chi connectivity index (χ4v) is 3.57. The Balaban J connectivity index is 1.52. The van der Waals surface area contributed by atoms with Crippen LogP contribution in [0.25, 0.3) is 0 Å². The highest BCUT2D eigenvalue weighted by Gasteiger charge is 2.44. The van der Waals surface area contributed by atoms with Gasteiger partial charge in [0.25, 0.3) is 5.91 Å². The summed E-state index contributed by atoms with van der Waals surface area (Å²) in [5.41, 5.74) is 1.19. The molecule has 1 aromatic heterocycles. The normalized spacial score (nSPS) is 24.8. The number of amides is 1. The van der Waals surface area contributed by atoms with Gasteiger partial charge >= 0.3 is 0 Å². The molecule has 3 rings (SSSR count). The molecule has 0 saturated carbocycles. The number of likely N-dealkylation sites (tertiary alicyclic amines) is 1. The summed E-state index contributed by atoms with van der Waals surface area (Å²) in [7, 11) is 5.54. The number of piperidine rings is 1. The number of hydrogen-bond donors (Lipinski definition) is 0. The van der Waals surface area contributed by atoms with Crippen molar-refractivity contribution >= 4 is 5.91 Å². The molecule has 0 N–H and O–H groups in total. The first-order valence-electron chi connectivity index (χ1n) is 8.06. The third kappa shape index (κ3) is 3.17. The second-order valence-electron chi connectivity index (χ2n) is 6.86. The summed E-state index contributed by atoms with van der Waals surface area (Å²) >= 11 is 0. The number of ether oxygens (including phenoxy) is 1. The van der Waals surface area contributed by atoms with E-state index in [-0.39, 0.29) is 17.6 Å². The number of hydrogen-bond acceptors (Lipinski definition) is 4. The smallest absolute Gasteiger partial charge is 0.251 e. The van der Waals surface area contributed by atoms with Gasteiger partial charge in [0.1, 0.15) is 6.10 Å². The third-order valence-corrected chi connectivity index (χ3v) is 4.90. The topological polar surface area (TPSA) is 50.6 Å². The maximum absolute atomic E-state index is 12.1. The lowest BCUT2D eigenvalue weighted by Crippen LogP contribution is -2.45. The Hall–Kier alpha value is -1.40. The molecule has 1 aromatic rings. The standard InChI is InChI=1S/C16H26N4O2/c1-18(2)15(21)14-4-5-16(22-14)6-8-20(9-7-16)12-13-10-17-19(3)11-13/h10-11,14H,4-9,12H2,1-3H3/t14-/m1/s1.